The first kappa shape index (κ1) is 15.7. The SMILES string of the molecule is O=C(O)c1cc(S(=O)(=O)N2CC[C@@H](O)C2)cc(Br)c1Cl. The van der Waals surface area contributed by atoms with E-state index in [1.54, 1.807) is 0 Å². The van der Waals surface area contributed by atoms with E-state index in [9.17, 15) is 18.3 Å². The highest BCUT2D eigenvalue weighted by Gasteiger charge is 2.32. The molecule has 20 heavy (non-hydrogen) atoms. The molecule has 1 aromatic rings. The minimum Gasteiger partial charge on any atom is -0.478 e. The number of carbonyl (C=O) groups is 1. The van der Waals surface area contributed by atoms with Gasteiger partial charge in [-0.25, -0.2) is 13.2 Å². The van der Waals surface area contributed by atoms with E-state index >= 15 is 0 Å². The Balaban J connectivity index is 2.50. The third kappa shape index (κ3) is 2.84. The van der Waals surface area contributed by atoms with Gasteiger partial charge in [-0.15, -0.1) is 0 Å². The van der Waals surface area contributed by atoms with Crippen LogP contribution in [0.25, 0.3) is 0 Å². The number of aliphatic hydroxyl groups excluding tert-OH is 1. The molecule has 0 saturated carbocycles. The molecule has 1 saturated heterocycles. The van der Waals surface area contributed by atoms with Gasteiger partial charge in [0.05, 0.1) is 21.6 Å². The van der Waals surface area contributed by atoms with Crippen LogP contribution in [0.5, 0.6) is 0 Å². The van der Waals surface area contributed by atoms with Crippen LogP contribution in [0.2, 0.25) is 5.02 Å². The Morgan fingerprint density at radius 3 is 2.60 bits per heavy atom. The van der Waals surface area contributed by atoms with Crippen LogP contribution in [0.1, 0.15) is 16.8 Å². The highest BCUT2D eigenvalue weighted by atomic mass is 79.9. The zero-order valence-electron chi connectivity index (χ0n) is 10.1. The number of hydrogen-bond acceptors (Lipinski definition) is 4. The maximum absolute atomic E-state index is 12.4. The standard InChI is InChI=1S/C11H11BrClNO5S/c12-9-4-7(3-8(10(9)13)11(16)17)20(18,19)14-2-1-6(15)5-14/h3-4,6,15H,1-2,5H2,(H,16,17)/t6-/m1/s1. The highest BCUT2D eigenvalue weighted by Crippen LogP contribution is 2.31. The summed E-state index contributed by atoms with van der Waals surface area (Å²) in [6, 6.07) is 2.28. The van der Waals surface area contributed by atoms with Crippen molar-refractivity contribution in [1.82, 2.24) is 4.31 Å². The summed E-state index contributed by atoms with van der Waals surface area (Å²) in [5.74, 6) is -1.31. The number of β-amino-alcohol motifs (C(OH)–C–C–N with tert-alkyl or cyclic N) is 1. The molecule has 0 unspecified atom stereocenters. The second-order valence-electron chi connectivity index (χ2n) is 4.38. The Morgan fingerprint density at radius 2 is 2.10 bits per heavy atom. The predicted octanol–water partition coefficient (Wildman–Crippen LogP) is 1.56. The third-order valence-electron chi connectivity index (χ3n) is 3.00. The number of sulfonamides is 1. The van der Waals surface area contributed by atoms with E-state index in [-0.39, 0.29) is 33.0 Å². The van der Waals surface area contributed by atoms with Crippen LogP contribution in [0, 0.1) is 0 Å². The number of carboxylic acid groups (broad SMARTS) is 1. The van der Waals surface area contributed by atoms with Gasteiger partial charge in [0.1, 0.15) is 0 Å². The lowest BCUT2D eigenvalue weighted by Crippen LogP contribution is -2.29. The number of benzene rings is 1. The fourth-order valence-electron chi connectivity index (χ4n) is 1.95. The fraction of sp³-hybridized carbons (Fsp3) is 0.364. The van der Waals surface area contributed by atoms with Crippen molar-refractivity contribution >= 4 is 43.5 Å². The van der Waals surface area contributed by atoms with Gasteiger partial charge in [0.15, 0.2) is 0 Å². The van der Waals surface area contributed by atoms with E-state index in [0.717, 1.165) is 10.4 Å². The molecule has 0 radical (unpaired) electrons. The molecule has 0 spiro atoms. The highest BCUT2D eigenvalue weighted by molar-refractivity contribution is 9.10. The van der Waals surface area contributed by atoms with Gasteiger partial charge in [-0.2, -0.15) is 4.31 Å². The Labute approximate surface area is 129 Å². The summed E-state index contributed by atoms with van der Waals surface area (Å²) < 4.78 is 26.1. The molecule has 1 aromatic carbocycles. The van der Waals surface area contributed by atoms with Crippen molar-refractivity contribution in [2.24, 2.45) is 0 Å². The summed E-state index contributed by atoms with van der Waals surface area (Å²) in [5.41, 5.74) is -0.292. The minimum absolute atomic E-state index is 0.00494. The molecular weight excluding hydrogens is 374 g/mol. The molecule has 0 aliphatic carbocycles. The molecule has 0 aromatic heterocycles. The number of aliphatic hydroxyl groups is 1. The van der Waals surface area contributed by atoms with Crippen molar-refractivity contribution in [3.05, 3.63) is 27.2 Å². The molecule has 2 N–H and O–H groups in total. The van der Waals surface area contributed by atoms with Gasteiger partial charge in [-0.1, -0.05) is 11.6 Å². The third-order valence-corrected chi connectivity index (χ3v) is 6.10. The van der Waals surface area contributed by atoms with Crippen LogP contribution in [0.4, 0.5) is 0 Å². The minimum atomic E-state index is -3.85. The Hall–Kier alpha value is -0.670. The average molecular weight is 385 g/mol. The van der Waals surface area contributed by atoms with Crippen molar-refractivity contribution in [3.63, 3.8) is 0 Å². The fourth-order valence-corrected chi connectivity index (χ4v) is 4.29. The maximum atomic E-state index is 12.4. The van der Waals surface area contributed by atoms with Gasteiger partial charge in [0, 0.05) is 17.6 Å². The quantitative estimate of drug-likeness (QED) is 0.824. The lowest BCUT2D eigenvalue weighted by molar-refractivity contribution is 0.0696. The zero-order chi connectivity index (χ0) is 15.1. The molecular formula is C11H11BrClNO5S. The summed E-state index contributed by atoms with van der Waals surface area (Å²) >= 11 is 8.87. The van der Waals surface area contributed by atoms with E-state index in [4.69, 9.17) is 16.7 Å². The first-order chi connectivity index (χ1) is 9.23. The first-order valence-corrected chi connectivity index (χ1v) is 8.25. The predicted molar refractivity (Wildman–Crippen MR) is 75.5 cm³/mol. The average Bonchev–Trinajstić information content (AvgIpc) is 2.79. The summed E-state index contributed by atoms with van der Waals surface area (Å²) in [5, 5.41) is 18.4. The van der Waals surface area contributed by atoms with Gasteiger partial charge in [0.25, 0.3) is 0 Å². The second kappa shape index (κ2) is 5.61. The van der Waals surface area contributed by atoms with Gasteiger partial charge in [-0.05, 0) is 34.5 Å². The van der Waals surface area contributed by atoms with E-state index in [0.29, 0.717) is 6.42 Å². The molecule has 9 heteroatoms. The molecule has 1 heterocycles. The van der Waals surface area contributed by atoms with E-state index in [1.165, 1.54) is 6.07 Å². The largest absolute Gasteiger partial charge is 0.478 e. The molecule has 1 aliphatic rings. The number of carboxylic acids is 1. The van der Waals surface area contributed by atoms with Crippen LogP contribution in [-0.4, -0.2) is 48.1 Å². The number of nitrogens with zero attached hydrogens (tertiary/aromatic N) is 1. The van der Waals surface area contributed by atoms with Crippen LogP contribution in [0.15, 0.2) is 21.5 Å². The van der Waals surface area contributed by atoms with Crippen molar-refractivity contribution in [2.75, 3.05) is 13.1 Å². The van der Waals surface area contributed by atoms with Crippen LogP contribution in [0.3, 0.4) is 0 Å². The van der Waals surface area contributed by atoms with E-state index < -0.39 is 22.1 Å². The normalized spacial score (nSPS) is 20.2. The molecule has 1 aliphatic heterocycles. The Morgan fingerprint density at radius 1 is 1.45 bits per heavy atom. The summed E-state index contributed by atoms with van der Waals surface area (Å²) in [7, 11) is -3.85. The zero-order valence-corrected chi connectivity index (χ0v) is 13.2. The Bertz CT molecular complexity index is 663. The monoisotopic (exact) mass is 383 g/mol. The number of hydrogen-bond donors (Lipinski definition) is 2. The maximum Gasteiger partial charge on any atom is 0.337 e. The van der Waals surface area contributed by atoms with Gasteiger partial charge < -0.3 is 10.2 Å². The number of rotatable bonds is 3. The molecule has 2 rings (SSSR count). The lowest BCUT2D eigenvalue weighted by atomic mass is 10.2. The Kier molecular flexibility index (Phi) is 4.41. The van der Waals surface area contributed by atoms with Crippen molar-refractivity contribution in [2.45, 2.75) is 17.4 Å². The van der Waals surface area contributed by atoms with Gasteiger partial charge >= 0.3 is 5.97 Å². The molecule has 6 nitrogen and oxygen atoms in total. The van der Waals surface area contributed by atoms with Crippen molar-refractivity contribution in [1.29, 1.82) is 0 Å². The summed E-state index contributed by atoms with van der Waals surface area (Å²) in [4.78, 5) is 10.9. The number of halogens is 2. The smallest absolute Gasteiger partial charge is 0.337 e. The van der Waals surface area contributed by atoms with Crippen LogP contribution >= 0.6 is 27.5 Å². The molecule has 0 amide bonds. The molecule has 110 valence electrons. The summed E-state index contributed by atoms with van der Waals surface area (Å²) in [6.45, 7) is 0.205. The van der Waals surface area contributed by atoms with Gasteiger partial charge in [0.2, 0.25) is 10.0 Å². The lowest BCUT2D eigenvalue weighted by Gasteiger charge is -2.16. The molecule has 1 atom stereocenters. The topological polar surface area (TPSA) is 94.9 Å². The van der Waals surface area contributed by atoms with Crippen LogP contribution in [-0.2, 0) is 10.0 Å². The van der Waals surface area contributed by atoms with Crippen molar-refractivity contribution < 1.29 is 23.4 Å². The van der Waals surface area contributed by atoms with Crippen molar-refractivity contribution in [3.8, 4) is 0 Å². The van der Waals surface area contributed by atoms with E-state index in [1.807, 2.05) is 0 Å². The second-order valence-corrected chi connectivity index (χ2v) is 7.55. The van der Waals surface area contributed by atoms with E-state index in [2.05, 4.69) is 15.9 Å². The van der Waals surface area contributed by atoms with Gasteiger partial charge in [-0.3, -0.25) is 0 Å². The number of aromatic carboxylic acids is 1. The molecule has 0 bridgehead atoms. The van der Waals surface area contributed by atoms with Crippen LogP contribution < -0.4 is 0 Å². The first-order valence-electron chi connectivity index (χ1n) is 5.64. The summed E-state index contributed by atoms with van der Waals surface area (Å²) in [6.07, 6.45) is -0.334. The molecule has 1 fully saturated rings.